The van der Waals surface area contributed by atoms with Gasteiger partial charge in [0.25, 0.3) is 0 Å². The molecule has 0 bridgehead atoms. The van der Waals surface area contributed by atoms with Crippen molar-refractivity contribution in [3.8, 4) is 6.07 Å². The molecule has 0 radical (unpaired) electrons. The van der Waals surface area contributed by atoms with Crippen molar-refractivity contribution in [1.29, 1.82) is 5.26 Å². The molecule has 0 unspecified atom stereocenters. The Labute approximate surface area is 44.1 Å². The van der Waals surface area contributed by atoms with E-state index in [1.54, 1.807) is 6.07 Å². The summed E-state index contributed by atoms with van der Waals surface area (Å²) in [4.78, 5) is 0. The van der Waals surface area contributed by atoms with Gasteiger partial charge >= 0.3 is 0 Å². The van der Waals surface area contributed by atoms with Gasteiger partial charge in [-0.05, 0) is 0 Å². The molecule has 0 fully saturated rings. The van der Waals surface area contributed by atoms with Crippen molar-refractivity contribution < 1.29 is 19.5 Å². The fourth-order valence-corrected chi connectivity index (χ4v) is 0. The molecule has 2 heteroatoms. The Bertz CT molecular complexity index is 52.4. The van der Waals surface area contributed by atoms with Gasteiger partial charge in [-0.25, -0.2) is 0 Å². The Morgan fingerprint density at radius 3 is 2.00 bits per heavy atom. The summed E-state index contributed by atoms with van der Waals surface area (Å²) in [6, 6.07) is 1.69. The zero-order valence-corrected chi connectivity index (χ0v) is 5.91. The molecule has 22 valence electrons. The summed E-state index contributed by atoms with van der Waals surface area (Å²) in [6.07, 6.45) is 1.18. The molecule has 0 aliphatic carbocycles. The van der Waals surface area contributed by atoms with E-state index in [1.807, 2.05) is 0 Å². The molecule has 0 aliphatic rings. The van der Waals surface area contributed by atoms with Crippen LogP contribution >= 0.6 is 0 Å². The van der Waals surface area contributed by atoms with Crippen molar-refractivity contribution in [3.63, 3.8) is 0 Å². The fraction of sp³-hybridized carbons (Fsp3) is 0. The van der Waals surface area contributed by atoms with Gasteiger partial charge < -0.3 is 0 Å². The van der Waals surface area contributed by atoms with Crippen molar-refractivity contribution in [2.75, 3.05) is 0 Å². The molecule has 0 aromatic carbocycles. The quantitative estimate of drug-likeness (QED) is 0.339. The van der Waals surface area contributed by atoms with E-state index in [1.165, 1.54) is 6.08 Å². The second-order valence-corrected chi connectivity index (χ2v) is 0.333. The Morgan fingerprint density at radius 1 is 1.80 bits per heavy atom. The van der Waals surface area contributed by atoms with Crippen LogP contribution in [0, 0.1) is 11.3 Å². The molecule has 0 spiro atoms. The first-order valence-corrected chi connectivity index (χ1v) is 0.921. The van der Waals surface area contributed by atoms with E-state index >= 15 is 0 Å². The molecular weight excluding hydrogens is 115 g/mol. The third-order valence-corrected chi connectivity index (χ3v) is 0.0913. The van der Waals surface area contributed by atoms with Crippen LogP contribution in [-0.2, 0) is 19.5 Å². The number of hydrogen-bond acceptors (Lipinski definition) is 1. The van der Waals surface area contributed by atoms with E-state index < -0.39 is 0 Å². The van der Waals surface area contributed by atoms with Crippen molar-refractivity contribution in [2.45, 2.75) is 0 Å². The topological polar surface area (TPSA) is 23.8 Å². The number of nitriles is 1. The van der Waals surface area contributed by atoms with E-state index in [4.69, 9.17) is 5.26 Å². The predicted molar refractivity (Wildman–Crippen MR) is 15.8 cm³/mol. The van der Waals surface area contributed by atoms with E-state index in [0.29, 0.717) is 0 Å². The van der Waals surface area contributed by atoms with E-state index in [-0.39, 0.29) is 19.5 Å². The van der Waals surface area contributed by atoms with Gasteiger partial charge in [0.2, 0.25) is 0 Å². The van der Waals surface area contributed by atoms with Crippen molar-refractivity contribution in [2.24, 2.45) is 0 Å². The molecule has 0 atom stereocenters. The first-order chi connectivity index (χ1) is 1.91. The minimum absolute atomic E-state index is 0. The van der Waals surface area contributed by atoms with Crippen molar-refractivity contribution in [1.82, 2.24) is 0 Å². The molecule has 0 saturated carbocycles. The standard InChI is InChI=1S/C3H3N.Zn/c1-2-3-4;/h2H,1H2;. The Morgan fingerprint density at radius 2 is 2.00 bits per heavy atom. The van der Waals surface area contributed by atoms with Crippen LogP contribution in [0.3, 0.4) is 0 Å². The van der Waals surface area contributed by atoms with Crippen molar-refractivity contribution in [3.05, 3.63) is 12.7 Å². The molecule has 0 heterocycles. The maximum atomic E-state index is 7.51. The molecule has 0 amide bonds. The van der Waals surface area contributed by atoms with Crippen LogP contribution in [0.5, 0.6) is 0 Å². The first kappa shape index (κ1) is 8.85. The summed E-state index contributed by atoms with van der Waals surface area (Å²) in [6.45, 7) is 3.12. The summed E-state index contributed by atoms with van der Waals surface area (Å²) in [7, 11) is 0. The van der Waals surface area contributed by atoms with Gasteiger partial charge in [0.05, 0.1) is 6.07 Å². The third-order valence-electron chi connectivity index (χ3n) is 0.0913. The van der Waals surface area contributed by atoms with Crippen LogP contribution in [0.25, 0.3) is 0 Å². The minimum Gasteiger partial charge on any atom is -0.193 e. The average Bonchev–Trinajstić information content (AvgIpc) is 1.37. The molecule has 0 N–H and O–H groups in total. The molecule has 1 nitrogen and oxygen atoms in total. The van der Waals surface area contributed by atoms with Gasteiger partial charge in [-0.15, -0.1) is 0 Å². The smallest absolute Gasteiger partial charge is 0.0905 e. The summed E-state index contributed by atoms with van der Waals surface area (Å²) in [5.74, 6) is 0. The van der Waals surface area contributed by atoms with Gasteiger partial charge in [0.15, 0.2) is 0 Å². The van der Waals surface area contributed by atoms with E-state index in [0.717, 1.165) is 0 Å². The fourth-order valence-electron chi connectivity index (χ4n) is 0. The Hall–Kier alpha value is -0.147. The molecule has 0 aromatic rings. The summed E-state index contributed by atoms with van der Waals surface area (Å²) in [5, 5.41) is 7.51. The van der Waals surface area contributed by atoms with Crippen LogP contribution in [0.4, 0.5) is 0 Å². The van der Waals surface area contributed by atoms with Crippen LogP contribution < -0.4 is 0 Å². The minimum atomic E-state index is 0. The van der Waals surface area contributed by atoms with Crippen LogP contribution in [-0.4, -0.2) is 0 Å². The summed E-state index contributed by atoms with van der Waals surface area (Å²) >= 11 is 0. The number of hydrogen-bond donors (Lipinski definition) is 0. The van der Waals surface area contributed by atoms with Gasteiger partial charge in [-0.1, -0.05) is 6.58 Å². The van der Waals surface area contributed by atoms with Gasteiger partial charge in [0, 0.05) is 25.6 Å². The second-order valence-electron chi connectivity index (χ2n) is 0.333. The zero-order chi connectivity index (χ0) is 3.41. The monoisotopic (exact) mass is 117 g/mol. The van der Waals surface area contributed by atoms with Gasteiger partial charge in [-0.2, -0.15) is 5.26 Å². The Balaban J connectivity index is 0. The van der Waals surface area contributed by atoms with E-state index in [9.17, 15) is 0 Å². The molecule has 0 rings (SSSR count). The van der Waals surface area contributed by atoms with Gasteiger partial charge in [0.1, 0.15) is 0 Å². The van der Waals surface area contributed by atoms with Crippen molar-refractivity contribution >= 4 is 0 Å². The largest absolute Gasteiger partial charge is 0.193 e. The molecule has 5 heavy (non-hydrogen) atoms. The van der Waals surface area contributed by atoms with Crippen LogP contribution in [0.2, 0.25) is 0 Å². The number of rotatable bonds is 0. The maximum absolute atomic E-state index is 7.51. The molecule has 0 saturated heterocycles. The average molecular weight is 118 g/mol. The van der Waals surface area contributed by atoms with Crippen LogP contribution in [0.1, 0.15) is 0 Å². The normalized spacial score (nSPS) is 3.00. The number of nitrogens with zero attached hydrogens (tertiary/aromatic N) is 1. The maximum Gasteiger partial charge on any atom is 0.0905 e. The molecular formula is C3H3NZn. The van der Waals surface area contributed by atoms with E-state index in [2.05, 4.69) is 6.58 Å². The van der Waals surface area contributed by atoms with Crippen LogP contribution in [0.15, 0.2) is 12.7 Å². The molecule has 0 aliphatic heterocycles. The first-order valence-electron chi connectivity index (χ1n) is 0.921. The predicted octanol–water partition coefficient (Wildman–Crippen LogP) is 0.693. The summed E-state index contributed by atoms with van der Waals surface area (Å²) < 4.78 is 0. The second kappa shape index (κ2) is 9.13. The summed E-state index contributed by atoms with van der Waals surface area (Å²) in [5.41, 5.74) is 0. The zero-order valence-electron chi connectivity index (χ0n) is 2.94. The third kappa shape index (κ3) is 18.2. The Kier molecular flexibility index (Phi) is 16.2. The SMILES string of the molecule is C=CC#N.[Zn]. The number of allylic oxidation sites excluding steroid dienone is 1. The van der Waals surface area contributed by atoms with Gasteiger partial charge in [-0.3, -0.25) is 0 Å². The molecule has 0 aromatic heterocycles.